The number of carbonyl (C=O) groups is 1. The molecular formula is C16H22N2O3S. The Balaban J connectivity index is 1.72. The zero-order valence-corrected chi connectivity index (χ0v) is 13.7. The van der Waals surface area contributed by atoms with Crippen LogP contribution in [0.15, 0.2) is 29.2 Å². The molecule has 1 spiro atoms. The van der Waals surface area contributed by atoms with E-state index in [4.69, 9.17) is 0 Å². The van der Waals surface area contributed by atoms with E-state index in [1.54, 1.807) is 12.1 Å². The first-order chi connectivity index (χ1) is 10.4. The van der Waals surface area contributed by atoms with Gasteiger partial charge in [-0.3, -0.25) is 4.79 Å². The van der Waals surface area contributed by atoms with Gasteiger partial charge in [-0.1, -0.05) is 6.07 Å². The summed E-state index contributed by atoms with van der Waals surface area (Å²) in [7, 11) is -3.29. The number of nitrogens with one attached hydrogen (secondary N) is 1. The van der Waals surface area contributed by atoms with Gasteiger partial charge in [0.05, 0.1) is 4.90 Å². The summed E-state index contributed by atoms with van der Waals surface area (Å²) in [6.07, 6.45) is 4.40. The molecule has 6 heteroatoms. The highest BCUT2D eigenvalue weighted by Gasteiger charge is 2.38. The SMILES string of the molecule is CS(=O)(=O)c1cccc(C(=O)N2CCC3(CCNC3)CC2)c1. The topological polar surface area (TPSA) is 66.5 Å². The molecule has 0 aliphatic carbocycles. The molecule has 0 saturated carbocycles. The minimum atomic E-state index is -3.29. The first kappa shape index (κ1) is 15.5. The first-order valence-electron chi connectivity index (χ1n) is 7.70. The molecule has 3 rings (SSSR count). The number of amides is 1. The van der Waals surface area contributed by atoms with E-state index in [9.17, 15) is 13.2 Å². The lowest BCUT2D eigenvalue weighted by Gasteiger charge is -2.38. The lowest BCUT2D eigenvalue weighted by atomic mass is 9.78. The smallest absolute Gasteiger partial charge is 0.253 e. The standard InChI is InChI=1S/C16H22N2O3S/c1-22(20,21)14-4-2-3-13(11-14)15(19)18-9-6-16(7-10-18)5-8-17-12-16/h2-4,11,17H,5-10,12H2,1H3. The van der Waals surface area contributed by atoms with Crippen LogP contribution < -0.4 is 5.32 Å². The minimum Gasteiger partial charge on any atom is -0.339 e. The third kappa shape index (κ3) is 3.03. The summed E-state index contributed by atoms with van der Waals surface area (Å²) >= 11 is 0. The molecule has 22 heavy (non-hydrogen) atoms. The van der Waals surface area contributed by atoms with Gasteiger partial charge < -0.3 is 10.2 Å². The van der Waals surface area contributed by atoms with E-state index >= 15 is 0 Å². The average Bonchev–Trinajstić information content (AvgIpc) is 2.95. The number of hydrogen-bond acceptors (Lipinski definition) is 4. The van der Waals surface area contributed by atoms with Gasteiger partial charge in [0.15, 0.2) is 9.84 Å². The van der Waals surface area contributed by atoms with E-state index < -0.39 is 9.84 Å². The van der Waals surface area contributed by atoms with Crippen molar-refractivity contribution >= 4 is 15.7 Å². The molecule has 2 aliphatic rings. The quantitative estimate of drug-likeness (QED) is 0.891. The summed E-state index contributed by atoms with van der Waals surface area (Å²) in [5, 5.41) is 3.41. The number of sulfone groups is 1. The summed E-state index contributed by atoms with van der Waals surface area (Å²) < 4.78 is 23.2. The molecule has 1 amide bonds. The van der Waals surface area contributed by atoms with Crippen molar-refractivity contribution in [2.45, 2.75) is 24.2 Å². The zero-order chi connectivity index (χ0) is 15.8. The normalized spacial score (nSPS) is 21.2. The van der Waals surface area contributed by atoms with Gasteiger partial charge >= 0.3 is 0 Å². The van der Waals surface area contributed by atoms with Crippen molar-refractivity contribution in [1.82, 2.24) is 10.2 Å². The number of hydrogen-bond donors (Lipinski definition) is 1. The van der Waals surface area contributed by atoms with Crippen molar-refractivity contribution in [3.63, 3.8) is 0 Å². The van der Waals surface area contributed by atoms with Crippen LogP contribution in [0.5, 0.6) is 0 Å². The van der Waals surface area contributed by atoms with Crippen LogP contribution in [-0.2, 0) is 9.84 Å². The summed E-state index contributed by atoms with van der Waals surface area (Å²) in [5.41, 5.74) is 0.828. The van der Waals surface area contributed by atoms with E-state index in [1.807, 2.05) is 4.90 Å². The van der Waals surface area contributed by atoms with E-state index in [-0.39, 0.29) is 10.8 Å². The Kier molecular flexibility index (Phi) is 3.99. The number of nitrogens with zero attached hydrogens (tertiary/aromatic N) is 1. The molecule has 2 aliphatic heterocycles. The van der Waals surface area contributed by atoms with Crippen LogP contribution in [0, 0.1) is 5.41 Å². The summed E-state index contributed by atoms with van der Waals surface area (Å²) in [5.74, 6) is -0.0636. The molecule has 0 unspecified atom stereocenters. The Morgan fingerprint density at radius 2 is 1.95 bits per heavy atom. The van der Waals surface area contributed by atoms with Crippen LogP contribution in [0.25, 0.3) is 0 Å². The molecule has 2 heterocycles. The summed E-state index contributed by atoms with van der Waals surface area (Å²) in [6, 6.07) is 6.34. The van der Waals surface area contributed by atoms with Gasteiger partial charge in [0.1, 0.15) is 0 Å². The summed E-state index contributed by atoms with van der Waals surface area (Å²) in [4.78, 5) is 14.7. The van der Waals surface area contributed by atoms with Crippen LogP contribution >= 0.6 is 0 Å². The lowest BCUT2D eigenvalue weighted by Crippen LogP contribution is -2.44. The Morgan fingerprint density at radius 3 is 2.55 bits per heavy atom. The maximum absolute atomic E-state index is 12.6. The molecule has 2 fully saturated rings. The average molecular weight is 322 g/mol. The molecule has 0 radical (unpaired) electrons. The van der Waals surface area contributed by atoms with Crippen molar-refractivity contribution in [3.8, 4) is 0 Å². The molecule has 120 valence electrons. The van der Waals surface area contributed by atoms with Crippen molar-refractivity contribution in [3.05, 3.63) is 29.8 Å². The highest BCUT2D eigenvalue weighted by atomic mass is 32.2. The van der Waals surface area contributed by atoms with Gasteiger partial charge in [-0.2, -0.15) is 0 Å². The fourth-order valence-electron chi connectivity index (χ4n) is 3.45. The Bertz CT molecular complexity index is 668. The van der Waals surface area contributed by atoms with E-state index in [0.717, 1.165) is 45.3 Å². The zero-order valence-electron chi connectivity index (χ0n) is 12.8. The number of carbonyl (C=O) groups excluding carboxylic acids is 1. The van der Waals surface area contributed by atoms with Gasteiger partial charge in [-0.25, -0.2) is 8.42 Å². The molecule has 0 atom stereocenters. The summed E-state index contributed by atoms with van der Waals surface area (Å²) in [6.45, 7) is 3.64. The second kappa shape index (κ2) is 5.66. The predicted octanol–water partition coefficient (Wildman–Crippen LogP) is 1.31. The maximum atomic E-state index is 12.6. The van der Waals surface area contributed by atoms with Crippen LogP contribution in [0.1, 0.15) is 29.6 Å². The fourth-order valence-corrected chi connectivity index (χ4v) is 4.12. The largest absolute Gasteiger partial charge is 0.339 e. The number of likely N-dealkylation sites (tertiary alicyclic amines) is 1. The Morgan fingerprint density at radius 1 is 1.23 bits per heavy atom. The third-order valence-corrected chi connectivity index (χ3v) is 6.06. The number of benzene rings is 1. The van der Waals surface area contributed by atoms with Crippen LogP contribution in [-0.4, -0.2) is 51.7 Å². The van der Waals surface area contributed by atoms with Crippen LogP contribution in [0.4, 0.5) is 0 Å². The lowest BCUT2D eigenvalue weighted by molar-refractivity contribution is 0.0607. The van der Waals surface area contributed by atoms with Crippen molar-refractivity contribution in [1.29, 1.82) is 0 Å². The maximum Gasteiger partial charge on any atom is 0.253 e. The molecule has 1 aromatic carbocycles. The number of piperidine rings is 1. The highest BCUT2D eigenvalue weighted by molar-refractivity contribution is 7.90. The Hall–Kier alpha value is -1.40. The Labute approximate surface area is 131 Å². The molecular weight excluding hydrogens is 300 g/mol. The highest BCUT2D eigenvalue weighted by Crippen LogP contribution is 2.37. The first-order valence-corrected chi connectivity index (χ1v) is 9.59. The molecule has 1 aromatic rings. The van der Waals surface area contributed by atoms with Gasteiger partial charge in [0.25, 0.3) is 5.91 Å². The van der Waals surface area contributed by atoms with Crippen LogP contribution in [0.3, 0.4) is 0 Å². The van der Waals surface area contributed by atoms with E-state index in [1.165, 1.54) is 18.6 Å². The second-order valence-electron chi connectivity index (χ2n) is 6.52. The minimum absolute atomic E-state index is 0.0636. The molecule has 2 saturated heterocycles. The monoisotopic (exact) mass is 322 g/mol. The van der Waals surface area contributed by atoms with Crippen molar-refractivity contribution < 1.29 is 13.2 Å². The van der Waals surface area contributed by atoms with E-state index in [2.05, 4.69) is 5.32 Å². The number of rotatable bonds is 2. The third-order valence-electron chi connectivity index (χ3n) is 4.95. The van der Waals surface area contributed by atoms with Gasteiger partial charge in [-0.05, 0) is 49.4 Å². The van der Waals surface area contributed by atoms with Gasteiger partial charge in [0.2, 0.25) is 0 Å². The van der Waals surface area contributed by atoms with Crippen LogP contribution in [0.2, 0.25) is 0 Å². The fraction of sp³-hybridized carbons (Fsp3) is 0.562. The molecule has 0 bridgehead atoms. The van der Waals surface area contributed by atoms with Crippen molar-refractivity contribution in [2.24, 2.45) is 5.41 Å². The molecule has 0 aromatic heterocycles. The molecule has 1 N–H and O–H groups in total. The van der Waals surface area contributed by atoms with E-state index in [0.29, 0.717) is 11.0 Å². The van der Waals surface area contributed by atoms with Crippen molar-refractivity contribution in [2.75, 3.05) is 32.4 Å². The van der Waals surface area contributed by atoms with Gasteiger partial charge in [-0.15, -0.1) is 0 Å². The second-order valence-corrected chi connectivity index (χ2v) is 8.53. The van der Waals surface area contributed by atoms with Gasteiger partial charge in [0, 0.05) is 31.5 Å². The molecule has 5 nitrogen and oxygen atoms in total. The predicted molar refractivity (Wildman–Crippen MR) is 84.6 cm³/mol.